The predicted octanol–water partition coefficient (Wildman–Crippen LogP) is 4.03. The molecule has 0 bridgehead atoms. The lowest BCUT2D eigenvalue weighted by molar-refractivity contribution is 0.628. The minimum Gasteiger partial charge on any atom is -0.373 e. The van der Waals surface area contributed by atoms with Crippen molar-refractivity contribution in [1.29, 1.82) is 0 Å². The zero-order valence-electron chi connectivity index (χ0n) is 12.0. The average Bonchev–Trinajstić information content (AvgIpc) is 2.92. The molecule has 1 N–H and O–H groups in total. The van der Waals surface area contributed by atoms with E-state index in [9.17, 15) is 4.39 Å². The molecule has 0 fully saturated rings. The molecule has 0 radical (unpaired) electrons. The molecular formula is C17H16FN3. The van der Waals surface area contributed by atoms with E-state index in [1.807, 2.05) is 49.0 Å². The van der Waals surface area contributed by atoms with Crippen LogP contribution < -0.4 is 5.32 Å². The van der Waals surface area contributed by atoms with Crippen LogP contribution in [0, 0.1) is 12.7 Å². The van der Waals surface area contributed by atoms with E-state index in [0.29, 0.717) is 0 Å². The van der Waals surface area contributed by atoms with Gasteiger partial charge in [-0.25, -0.2) is 9.07 Å². The second-order valence-corrected chi connectivity index (χ2v) is 4.87. The van der Waals surface area contributed by atoms with Crippen molar-refractivity contribution >= 4 is 5.82 Å². The molecule has 0 saturated carbocycles. The molecule has 3 rings (SSSR count). The van der Waals surface area contributed by atoms with Crippen molar-refractivity contribution in [3.8, 4) is 16.9 Å². The lowest BCUT2D eigenvalue weighted by Crippen LogP contribution is -2.03. The van der Waals surface area contributed by atoms with Crippen LogP contribution in [0.2, 0.25) is 0 Å². The molecule has 3 nitrogen and oxygen atoms in total. The van der Waals surface area contributed by atoms with Crippen LogP contribution in [0.1, 0.15) is 5.56 Å². The van der Waals surface area contributed by atoms with Crippen LogP contribution in [0.5, 0.6) is 0 Å². The first-order chi connectivity index (χ1) is 10.2. The molecular weight excluding hydrogens is 265 g/mol. The summed E-state index contributed by atoms with van der Waals surface area (Å²) in [5, 5.41) is 7.79. The summed E-state index contributed by atoms with van der Waals surface area (Å²) in [7, 11) is 1.86. The Morgan fingerprint density at radius 2 is 1.76 bits per heavy atom. The average molecular weight is 281 g/mol. The van der Waals surface area contributed by atoms with E-state index in [-0.39, 0.29) is 5.82 Å². The van der Waals surface area contributed by atoms with Crippen molar-refractivity contribution in [2.75, 3.05) is 12.4 Å². The Bertz CT molecular complexity index is 760. The van der Waals surface area contributed by atoms with Gasteiger partial charge in [-0.3, -0.25) is 0 Å². The van der Waals surface area contributed by atoms with Crippen molar-refractivity contribution in [1.82, 2.24) is 9.78 Å². The van der Waals surface area contributed by atoms with Crippen LogP contribution in [0.25, 0.3) is 16.9 Å². The number of rotatable bonds is 3. The summed E-state index contributed by atoms with van der Waals surface area (Å²) >= 11 is 0. The van der Waals surface area contributed by atoms with Crippen LogP contribution in [-0.2, 0) is 0 Å². The zero-order valence-corrected chi connectivity index (χ0v) is 12.0. The van der Waals surface area contributed by atoms with Crippen LogP contribution in [-0.4, -0.2) is 16.8 Å². The third-order valence-corrected chi connectivity index (χ3v) is 3.45. The minimum absolute atomic E-state index is 0.245. The van der Waals surface area contributed by atoms with E-state index in [1.165, 1.54) is 12.1 Å². The van der Waals surface area contributed by atoms with Gasteiger partial charge in [-0.2, -0.15) is 5.10 Å². The third-order valence-electron chi connectivity index (χ3n) is 3.45. The molecule has 0 spiro atoms. The molecule has 0 aliphatic carbocycles. The van der Waals surface area contributed by atoms with Gasteiger partial charge in [0.1, 0.15) is 11.6 Å². The largest absolute Gasteiger partial charge is 0.373 e. The van der Waals surface area contributed by atoms with Gasteiger partial charge in [0.15, 0.2) is 0 Å². The van der Waals surface area contributed by atoms with E-state index in [0.717, 1.165) is 28.3 Å². The van der Waals surface area contributed by atoms with Gasteiger partial charge in [-0.1, -0.05) is 18.2 Å². The highest BCUT2D eigenvalue weighted by Crippen LogP contribution is 2.25. The van der Waals surface area contributed by atoms with Gasteiger partial charge in [0.25, 0.3) is 0 Å². The number of aromatic nitrogens is 2. The van der Waals surface area contributed by atoms with E-state index >= 15 is 0 Å². The molecule has 2 aromatic carbocycles. The molecule has 1 aromatic heterocycles. The number of aryl methyl sites for hydroxylation is 1. The van der Waals surface area contributed by atoms with Crippen LogP contribution in [0.3, 0.4) is 0 Å². The quantitative estimate of drug-likeness (QED) is 0.785. The number of benzene rings is 2. The fraction of sp³-hybridized carbons (Fsp3) is 0.118. The fourth-order valence-electron chi connectivity index (χ4n) is 2.31. The van der Waals surface area contributed by atoms with Crippen LogP contribution >= 0.6 is 0 Å². The molecule has 0 aliphatic rings. The van der Waals surface area contributed by atoms with Gasteiger partial charge >= 0.3 is 0 Å². The molecule has 4 heteroatoms. The number of anilines is 1. The van der Waals surface area contributed by atoms with Crippen molar-refractivity contribution in [3.05, 3.63) is 66.0 Å². The Morgan fingerprint density at radius 1 is 1.05 bits per heavy atom. The Morgan fingerprint density at radius 3 is 2.43 bits per heavy atom. The zero-order chi connectivity index (χ0) is 14.8. The maximum absolute atomic E-state index is 13.0. The Kier molecular flexibility index (Phi) is 3.44. The molecule has 0 aliphatic heterocycles. The molecule has 3 aromatic rings. The Hall–Kier alpha value is -2.62. The first-order valence-corrected chi connectivity index (χ1v) is 6.79. The minimum atomic E-state index is -0.245. The van der Waals surface area contributed by atoms with E-state index < -0.39 is 0 Å². The molecule has 0 unspecified atom stereocenters. The second-order valence-electron chi connectivity index (χ2n) is 4.87. The normalized spacial score (nSPS) is 10.6. The summed E-state index contributed by atoms with van der Waals surface area (Å²) in [6.45, 7) is 2.05. The summed E-state index contributed by atoms with van der Waals surface area (Å²) in [6, 6.07) is 16.4. The van der Waals surface area contributed by atoms with Gasteiger partial charge in [-0.15, -0.1) is 0 Å². The first-order valence-electron chi connectivity index (χ1n) is 6.79. The highest BCUT2D eigenvalue weighted by molar-refractivity contribution is 5.65. The van der Waals surface area contributed by atoms with Crippen LogP contribution in [0.15, 0.2) is 54.6 Å². The predicted molar refractivity (Wildman–Crippen MR) is 83.2 cm³/mol. The number of hydrogen-bond donors (Lipinski definition) is 1. The van der Waals surface area contributed by atoms with Gasteiger partial charge in [0.2, 0.25) is 0 Å². The first kappa shape index (κ1) is 13.4. The standard InChI is InChI=1S/C17H16FN3/c1-12-5-3-4-6-16(12)21-17(19-2)11-15(20-21)13-7-9-14(18)10-8-13/h3-11,19H,1-2H3. The van der Waals surface area contributed by atoms with E-state index in [4.69, 9.17) is 0 Å². The smallest absolute Gasteiger partial charge is 0.130 e. The molecule has 0 saturated heterocycles. The number of nitrogens with one attached hydrogen (secondary N) is 1. The Labute approximate surface area is 123 Å². The summed E-state index contributed by atoms with van der Waals surface area (Å²) < 4.78 is 14.9. The Balaban J connectivity index is 2.11. The number of hydrogen-bond acceptors (Lipinski definition) is 2. The van der Waals surface area contributed by atoms with Crippen molar-refractivity contribution in [3.63, 3.8) is 0 Å². The van der Waals surface area contributed by atoms with Gasteiger partial charge in [0.05, 0.1) is 11.4 Å². The van der Waals surface area contributed by atoms with Gasteiger partial charge in [0, 0.05) is 18.7 Å². The van der Waals surface area contributed by atoms with Crippen molar-refractivity contribution in [2.24, 2.45) is 0 Å². The molecule has 0 amide bonds. The monoisotopic (exact) mass is 281 g/mol. The van der Waals surface area contributed by atoms with E-state index in [1.54, 1.807) is 12.1 Å². The molecule has 0 atom stereocenters. The van der Waals surface area contributed by atoms with E-state index in [2.05, 4.69) is 10.4 Å². The maximum Gasteiger partial charge on any atom is 0.130 e. The highest BCUT2D eigenvalue weighted by atomic mass is 19.1. The summed E-state index contributed by atoms with van der Waals surface area (Å²) in [5.74, 6) is 0.648. The van der Waals surface area contributed by atoms with Gasteiger partial charge < -0.3 is 5.32 Å². The highest BCUT2D eigenvalue weighted by Gasteiger charge is 2.11. The second kappa shape index (κ2) is 5.40. The summed E-state index contributed by atoms with van der Waals surface area (Å²) in [5.41, 5.74) is 3.86. The summed E-state index contributed by atoms with van der Waals surface area (Å²) in [6.07, 6.45) is 0. The lowest BCUT2D eigenvalue weighted by Gasteiger charge is -2.09. The third kappa shape index (κ3) is 2.52. The van der Waals surface area contributed by atoms with Gasteiger partial charge in [-0.05, 0) is 42.8 Å². The van der Waals surface area contributed by atoms with Crippen LogP contribution in [0.4, 0.5) is 10.2 Å². The summed E-state index contributed by atoms with van der Waals surface area (Å²) in [4.78, 5) is 0. The number of nitrogens with zero attached hydrogens (tertiary/aromatic N) is 2. The fourth-order valence-corrected chi connectivity index (χ4v) is 2.31. The maximum atomic E-state index is 13.0. The topological polar surface area (TPSA) is 29.9 Å². The molecule has 1 heterocycles. The SMILES string of the molecule is CNc1cc(-c2ccc(F)cc2)nn1-c1ccccc1C. The molecule has 106 valence electrons. The number of halogens is 1. The number of para-hydroxylation sites is 1. The molecule has 21 heavy (non-hydrogen) atoms. The van der Waals surface area contributed by atoms with Crippen molar-refractivity contribution in [2.45, 2.75) is 6.92 Å². The van der Waals surface area contributed by atoms with Crippen molar-refractivity contribution < 1.29 is 4.39 Å². The lowest BCUT2D eigenvalue weighted by atomic mass is 10.1.